The van der Waals surface area contributed by atoms with E-state index in [1.165, 1.54) is 16.8 Å². The van der Waals surface area contributed by atoms with Crippen LogP contribution in [0, 0.1) is 6.92 Å². The number of nitrogens with one attached hydrogen (secondary N) is 1. The molecule has 10 nitrogen and oxygen atoms in total. The van der Waals surface area contributed by atoms with E-state index in [1.807, 2.05) is 19.1 Å². The molecule has 0 unspecified atom stereocenters. The number of hydrogen-bond donors (Lipinski definition) is 1. The molecule has 11 heteroatoms. The number of nitrogens with zero attached hydrogens (tertiary/aromatic N) is 3. The lowest BCUT2D eigenvalue weighted by Crippen LogP contribution is -2.15. The summed E-state index contributed by atoms with van der Waals surface area (Å²) < 4.78 is 35.8. The zero-order valence-corrected chi connectivity index (χ0v) is 21.9. The molecule has 0 aliphatic rings. The van der Waals surface area contributed by atoms with E-state index in [2.05, 4.69) is 15.4 Å². The molecule has 0 saturated heterocycles. The number of anilines is 1. The van der Waals surface area contributed by atoms with Gasteiger partial charge in [-0.05, 0) is 67.9 Å². The smallest absolute Gasteiger partial charge is 0.327 e. The van der Waals surface area contributed by atoms with Gasteiger partial charge in [0.25, 0.3) is 5.91 Å². The Morgan fingerprint density at radius 2 is 1.79 bits per heavy atom. The number of hydrogen-bond acceptors (Lipinski definition) is 8. The van der Waals surface area contributed by atoms with Gasteiger partial charge in [0, 0.05) is 35.8 Å². The Labute approximate surface area is 220 Å². The van der Waals surface area contributed by atoms with E-state index in [0.717, 1.165) is 11.8 Å². The number of benzene rings is 2. The van der Waals surface area contributed by atoms with Crippen molar-refractivity contribution in [1.29, 1.82) is 0 Å². The van der Waals surface area contributed by atoms with E-state index in [4.69, 9.17) is 9.47 Å². The van der Waals surface area contributed by atoms with Crippen LogP contribution in [0.25, 0.3) is 11.3 Å². The first kappa shape index (κ1) is 26.6. The topological polar surface area (TPSA) is 129 Å². The first-order valence-corrected chi connectivity index (χ1v) is 13.6. The molecule has 2 aromatic heterocycles. The Morgan fingerprint density at radius 1 is 1.03 bits per heavy atom. The summed E-state index contributed by atoms with van der Waals surface area (Å²) in [5.74, 6) is 0.143. The van der Waals surface area contributed by atoms with E-state index in [-0.39, 0.29) is 29.4 Å². The number of sulfone groups is 1. The van der Waals surface area contributed by atoms with Crippen LogP contribution in [0.2, 0.25) is 0 Å². The zero-order valence-electron chi connectivity index (χ0n) is 21.0. The lowest BCUT2D eigenvalue weighted by molar-refractivity contribution is -0.144. The largest absolute Gasteiger partial charge is 0.465 e. The lowest BCUT2D eigenvalue weighted by Gasteiger charge is -2.12. The van der Waals surface area contributed by atoms with Crippen LogP contribution in [0.5, 0.6) is 11.5 Å². The lowest BCUT2D eigenvalue weighted by atomic mass is 10.0. The molecular weight excluding hydrogens is 508 g/mol. The summed E-state index contributed by atoms with van der Waals surface area (Å²) in [4.78, 5) is 29.5. The van der Waals surface area contributed by atoms with Crippen LogP contribution in [-0.4, -0.2) is 47.9 Å². The number of amides is 1. The summed E-state index contributed by atoms with van der Waals surface area (Å²) in [5, 5.41) is 6.93. The quantitative estimate of drug-likeness (QED) is 0.315. The fourth-order valence-electron chi connectivity index (χ4n) is 3.65. The number of aromatic nitrogens is 3. The summed E-state index contributed by atoms with van der Waals surface area (Å²) in [6.07, 6.45) is 4.36. The number of carbonyl (C=O) groups is 2. The average molecular weight is 535 g/mol. The van der Waals surface area contributed by atoms with Gasteiger partial charge in [0.05, 0.1) is 17.2 Å². The second kappa shape index (κ2) is 11.3. The number of rotatable bonds is 9. The van der Waals surface area contributed by atoms with Crippen molar-refractivity contribution in [2.24, 2.45) is 0 Å². The van der Waals surface area contributed by atoms with Crippen molar-refractivity contribution < 1.29 is 27.5 Å². The fourth-order valence-corrected chi connectivity index (χ4v) is 4.28. The third-order valence-corrected chi connectivity index (χ3v) is 6.55. The molecule has 0 aliphatic carbocycles. The van der Waals surface area contributed by atoms with Crippen molar-refractivity contribution in [2.75, 3.05) is 18.2 Å². The minimum Gasteiger partial charge on any atom is -0.465 e. The molecule has 0 fully saturated rings. The van der Waals surface area contributed by atoms with Gasteiger partial charge in [-0.1, -0.05) is 6.07 Å². The Balaban J connectivity index is 1.62. The van der Waals surface area contributed by atoms with Crippen molar-refractivity contribution in [1.82, 2.24) is 14.8 Å². The van der Waals surface area contributed by atoms with E-state index < -0.39 is 21.7 Å². The second-order valence-electron chi connectivity index (χ2n) is 8.42. The predicted molar refractivity (Wildman–Crippen MR) is 141 cm³/mol. The maximum absolute atomic E-state index is 13.2. The molecule has 1 N–H and O–H groups in total. The molecule has 1 amide bonds. The van der Waals surface area contributed by atoms with Crippen LogP contribution < -0.4 is 10.1 Å². The maximum atomic E-state index is 13.2. The van der Waals surface area contributed by atoms with Crippen LogP contribution in [0.3, 0.4) is 0 Å². The van der Waals surface area contributed by atoms with E-state index in [1.54, 1.807) is 55.7 Å². The molecule has 2 heterocycles. The third-order valence-electron chi connectivity index (χ3n) is 5.42. The van der Waals surface area contributed by atoms with Gasteiger partial charge < -0.3 is 14.8 Å². The van der Waals surface area contributed by atoms with E-state index in [0.29, 0.717) is 22.8 Å². The Kier molecular flexibility index (Phi) is 7.87. The first-order chi connectivity index (χ1) is 18.1. The number of aryl methyl sites for hydroxylation is 1. The zero-order chi connectivity index (χ0) is 27.3. The Bertz CT molecular complexity index is 1580. The molecule has 196 valence electrons. The van der Waals surface area contributed by atoms with Crippen LogP contribution >= 0.6 is 0 Å². The minimum absolute atomic E-state index is 0.0751. The number of pyridine rings is 1. The molecule has 2 aromatic carbocycles. The normalized spacial score (nSPS) is 11.1. The molecule has 0 radical (unpaired) electrons. The van der Waals surface area contributed by atoms with Crippen molar-refractivity contribution in [2.45, 2.75) is 25.3 Å². The highest BCUT2D eigenvalue weighted by molar-refractivity contribution is 7.90. The van der Waals surface area contributed by atoms with Gasteiger partial charge in [-0.25, -0.2) is 8.42 Å². The van der Waals surface area contributed by atoms with Crippen molar-refractivity contribution >= 4 is 27.5 Å². The van der Waals surface area contributed by atoms with E-state index in [9.17, 15) is 18.0 Å². The summed E-state index contributed by atoms with van der Waals surface area (Å²) in [5.41, 5.74) is 2.53. The first-order valence-electron chi connectivity index (χ1n) is 11.7. The molecule has 0 atom stereocenters. The molecule has 38 heavy (non-hydrogen) atoms. The van der Waals surface area contributed by atoms with Gasteiger partial charge in [-0.15, -0.1) is 0 Å². The summed E-state index contributed by atoms with van der Waals surface area (Å²) in [6.45, 7) is 3.82. The standard InChI is InChI=1S/C27H26N4O6S/c1-4-36-25(32)17-31-13-11-24(30-31)29-27(33)20-14-19(26-18(2)6-5-12-28-26)15-22(16-20)37-21-7-9-23(10-8-21)38(3,34)35/h5-16H,4,17H2,1-3H3,(H,29,30,33). The molecule has 4 aromatic rings. The Hall–Kier alpha value is -4.51. The van der Waals surface area contributed by atoms with E-state index >= 15 is 0 Å². The van der Waals surface area contributed by atoms with Crippen molar-refractivity contribution in [3.63, 3.8) is 0 Å². The van der Waals surface area contributed by atoms with Gasteiger partial charge in [-0.2, -0.15) is 5.10 Å². The second-order valence-corrected chi connectivity index (χ2v) is 10.4. The number of ether oxygens (including phenoxy) is 2. The maximum Gasteiger partial charge on any atom is 0.327 e. The van der Waals surface area contributed by atoms with Crippen LogP contribution in [0.4, 0.5) is 5.82 Å². The highest BCUT2D eigenvalue weighted by atomic mass is 32.2. The van der Waals surface area contributed by atoms with Gasteiger partial charge in [0.15, 0.2) is 15.7 Å². The minimum atomic E-state index is -3.35. The van der Waals surface area contributed by atoms with Gasteiger partial charge in [0.1, 0.15) is 18.0 Å². The number of carbonyl (C=O) groups excluding carboxylic acids is 2. The monoisotopic (exact) mass is 534 g/mol. The molecule has 0 aliphatic heterocycles. The molecule has 0 saturated carbocycles. The molecule has 4 rings (SSSR count). The van der Waals surface area contributed by atoms with Crippen LogP contribution in [0.1, 0.15) is 22.8 Å². The average Bonchev–Trinajstić information content (AvgIpc) is 3.30. The Morgan fingerprint density at radius 3 is 2.47 bits per heavy atom. The molecule has 0 spiro atoms. The summed E-state index contributed by atoms with van der Waals surface area (Å²) in [6, 6.07) is 16.3. The third kappa shape index (κ3) is 6.62. The highest BCUT2D eigenvalue weighted by Gasteiger charge is 2.15. The SMILES string of the molecule is CCOC(=O)Cn1ccc(NC(=O)c2cc(Oc3ccc(S(C)(=O)=O)cc3)cc(-c3ncccc3C)c2)n1. The fraction of sp³-hybridized carbons (Fsp3) is 0.185. The molecular formula is C27H26N4O6S. The summed E-state index contributed by atoms with van der Waals surface area (Å²) in [7, 11) is -3.35. The van der Waals surface area contributed by atoms with Gasteiger partial charge >= 0.3 is 5.97 Å². The molecule has 0 bridgehead atoms. The van der Waals surface area contributed by atoms with Crippen LogP contribution in [-0.2, 0) is 25.9 Å². The van der Waals surface area contributed by atoms with Crippen molar-refractivity contribution in [3.05, 3.63) is 84.2 Å². The number of esters is 1. The predicted octanol–water partition coefficient (Wildman–Crippen LogP) is 4.26. The highest BCUT2D eigenvalue weighted by Crippen LogP contribution is 2.30. The van der Waals surface area contributed by atoms with Crippen LogP contribution in [0.15, 0.2) is 78.0 Å². The van der Waals surface area contributed by atoms with Crippen molar-refractivity contribution in [3.8, 4) is 22.8 Å². The van der Waals surface area contributed by atoms with Gasteiger partial charge in [0.2, 0.25) is 0 Å². The summed E-state index contributed by atoms with van der Waals surface area (Å²) >= 11 is 0. The van der Waals surface area contributed by atoms with Gasteiger partial charge in [-0.3, -0.25) is 19.3 Å².